The van der Waals surface area contributed by atoms with E-state index in [-0.39, 0.29) is 0 Å². The van der Waals surface area contributed by atoms with Gasteiger partial charge in [0.05, 0.1) is 7.11 Å². The van der Waals surface area contributed by atoms with Crippen LogP contribution in [-0.4, -0.2) is 32.8 Å². The van der Waals surface area contributed by atoms with Gasteiger partial charge < -0.3 is 15.0 Å². The van der Waals surface area contributed by atoms with E-state index in [9.17, 15) is 0 Å². The van der Waals surface area contributed by atoms with E-state index in [0.717, 1.165) is 18.8 Å². The fourth-order valence-electron chi connectivity index (χ4n) is 5.20. The summed E-state index contributed by atoms with van der Waals surface area (Å²) in [7, 11) is 1.73. The van der Waals surface area contributed by atoms with E-state index >= 15 is 0 Å². The van der Waals surface area contributed by atoms with Crippen LogP contribution in [0.25, 0.3) is 11.1 Å². The van der Waals surface area contributed by atoms with Gasteiger partial charge in [-0.3, -0.25) is 0 Å². The number of methoxy groups -OCH3 is 1. The summed E-state index contributed by atoms with van der Waals surface area (Å²) in [5, 5.41) is 3.62. The molecule has 0 saturated carbocycles. The van der Waals surface area contributed by atoms with Gasteiger partial charge in [0.15, 0.2) is 0 Å². The standard InChI is InChI=1S/C22H26N2O/c1-14-10-17(25-2)5-6-18(14)16-11-15-4-3-9-24-21-7-8-23-13-20(21)19(12-16)22(15)24/h5-6,10-12,20-21,23H,3-4,7-9,13H2,1-2H3/t20-,21-/m1/s1. The first-order chi connectivity index (χ1) is 12.3. The second-order valence-electron chi connectivity index (χ2n) is 7.72. The van der Waals surface area contributed by atoms with E-state index in [0.29, 0.717) is 12.0 Å². The molecular weight excluding hydrogens is 308 g/mol. The van der Waals surface area contributed by atoms with Gasteiger partial charge in [-0.2, -0.15) is 0 Å². The quantitative estimate of drug-likeness (QED) is 0.902. The first kappa shape index (κ1) is 15.3. The summed E-state index contributed by atoms with van der Waals surface area (Å²) in [4.78, 5) is 2.73. The third kappa shape index (κ3) is 2.29. The van der Waals surface area contributed by atoms with Gasteiger partial charge in [-0.15, -0.1) is 0 Å². The molecule has 1 fully saturated rings. The molecule has 1 saturated heterocycles. The van der Waals surface area contributed by atoms with Crippen LogP contribution >= 0.6 is 0 Å². The fourth-order valence-corrected chi connectivity index (χ4v) is 5.20. The molecule has 2 atom stereocenters. The van der Waals surface area contributed by atoms with E-state index in [2.05, 4.69) is 47.5 Å². The zero-order valence-corrected chi connectivity index (χ0v) is 15.1. The van der Waals surface area contributed by atoms with Crippen molar-refractivity contribution >= 4 is 5.69 Å². The minimum atomic E-state index is 0.652. The predicted octanol–water partition coefficient (Wildman–Crippen LogP) is 3.88. The van der Waals surface area contributed by atoms with Crippen molar-refractivity contribution in [1.29, 1.82) is 0 Å². The first-order valence-corrected chi connectivity index (χ1v) is 9.55. The van der Waals surface area contributed by atoms with Crippen LogP contribution in [-0.2, 0) is 6.42 Å². The lowest BCUT2D eigenvalue weighted by Crippen LogP contribution is -2.45. The summed E-state index contributed by atoms with van der Waals surface area (Å²) in [6, 6.07) is 12.1. The average molecular weight is 334 g/mol. The highest BCUT2D eigenvalue weighted by atomic mass is 16.5. The molecule has 3 aliphatic rings. The number of anilines is 1. The Balaban J connectivity index is 1.65. The number of fused-ring (bicyclic) bond motifs is 3. The summed E-state index contributed by atoms with van der Waals surface area (Å²) in [5.74, 6) is 1.59. The van der Waals surface area contributed by atoms with E-state index < -0.39 is 0 Å². The van der Waals surface area contributed by atoms with E-state index in [1.54, 1.807) is 23.9 Å². The molecule has 2 aromatic rings. The average Bonchev–Trinajstić information content (AvgIpc) is 2.97. The molecule has 0 radical (unpaired) electrons. The fraction of sp³-hybridized carbons (Fsp3) is 0.455. The molecule has 3 aliphatic heterocycles. The Labute approximate surface area is 150 Å². The van der Waals surface area contributed by atoms with Gasteiger partial charge in [0.1, 0.15) is 5.75 Å². The van der Waals surface area contributed by atoms with Crippen LogP contribution < -0.4 is 15.0 Å². The van der Waals surface area contributed by atoms with Crippen LogP contribution in [0.4, 0.5) is 5.69 Å². The third-order valence-corrected chi connectivity index (χ3v) is 6.34. The van der Waals surface area contributed by atoms with E-state index in [1.165, 1.54) is 42.5 Å². The van der Waals surface area contributed by atoms with Crippen molar-refractivity contribution in [3.63, 3.8) is 0 Å². The van der Waals surface area contributed by atoms with Gasteiger partial charge in [-0.05, 0) is 84.8 Å². The van der Waals surface area contributed by atoms with Crippen molar-refractivity contribution in [2.24, 2.45) is 0 Å². The Bertz CT molecular complexity index is 829. The SMILES string of the molecule is COc1ccc(-c2cc3c4c(c2)[C@H]2CNCC[C@H]2N4CCC3)c(C)c1. The molecule has 3 heteroatoms. The highest BCUT2D eigenvalue weighted by Gasteiger charge is 2.42. The molecule has 0 unspecified atom stereocenters. The summed E-state index contributed by atoms with van der Waals surface area (Å²) in [6.45, 7) is 5.71. The van der Waals surface area contributed by atoms with Gasteiger partial charge in [-0.1, -0.05) is 6.07 Å². The Kier molecular flexibility index (Phi) is 3.53. The second-order valence-corrected chi connectivity index (χ2v) is 7.72. The highest BCUT2D eigenvalue weighted by Crippen LogP contribution is 2.49. The molecule has 0 amide bonds. The number of hydrogen-bond acceptors (Lipinski definition) is 3. The minimum Gasteiger partial charge on any atom is -0.497 e. The summed E-state index contributed by atoms with van der Waals surface area (Å²) in [6.07, 6.45) is 3.78. The molecule has 2 aromatic carbocycles. The van der Waals surface area contributed by atoms with Crippen LogP contribution in [0.5, 0.6) is 5.75 Å². The van der Waals surface area contributed by atoms with Crippen molar-refractivity contribution in [1.82, 2.24) is 5.32 Å². The largest absolute Gasteiger partial charge is 0.497 e. The maximum atomic E-state index is 5.38. The molecule has 0 spiro atoms. The third-order valence-electron chi connectivity index (χ3n) is 6.34. The van der Waals surface area contributed by atoms with E-state index in [1.807, 2.05) is 0 Å². The number of hydrogen-bond donors (Lipinski definition) is 1. The lowest BCUT2D eigenvalue weighted by molar-refractivity contribution is 0.400. The number of aryl methyl sites for hydroxylation is 2. The van der Waals surface area contributed by atoms with Gasteiger partial charge in [0, 0.05) is 30.7 Å². The summed E-state index contributed by atoms with van der Waals surface area (Å²) < 4.78 is 5.38. The zero-order valence-electron chi connectivity index (χ0n) is 15.1. The molecule has 0 aliphatic carbocycles. The van der Waals surface area contributed by atoms with Crippen LogP contribution in [0.1, 0.15) is 35.4 Å². The van der Waals surface area contributed by atoms with Gasteiger partial charge in [-0.25, -0.2) is 0 Å². The lowest BCUT2D eigenvalue weighted by atomic mass is 9.87. The van der Waals surface area contributed by atoms with Crippen molar-refractivity contribution < 1.29 is 4.74 Å². The van der Waals surface area contributed by atoms with Crippen molar-refractivity contribution in [2.45, 2.75) is 38.1 Å². The predicted molar refractivity (Wildman–Crippen MR) is 103 cm³/mol. The van der Waals surface area contributed by atoms with Crippen LogP contribution in [0, 0.1) is 6.92 Å². The van der Waals surface area contributed by atoms with Gasteiger partial charge in [0.25, 0.3) is 0 Å². The van der Waals surface area contributed by atoms with E-state index in [4.69, 9.17) is 4.74 Å². The molecule has 130 valence electrons. The summed E-state index contributed by atoms with van der Waals surface area (Å²) >= 11 is 0. The maximum absolute atomic E-state index is 5.38. The number of piperidine rings is 1. The van der Waals surface area contributed by atoms with Gasteiger partial charge >= 0.3 is 0 Å². The molecule has 3 heterocycles. The van der Waals surface area contributed by atoms with Crippen molar-refractivity contribution in [3.8, 4) is 16.9 Å². The molecule has 3 nitrogen and oxygen atoms in total. The molecule has 5 rings (SSSR count). The topological polar surface area (TPSA) is 24.5 Å². The normalized spacial score (nSPS) is 24.0. The molecule has 25 heavy (non-hydrogen) atoms. The number of nitrogens with zero attached hydrogens (tertiary/aromatic N) is 1. The zero-order chi connectivity index (χ0) is 17.0. The van der Waals surface area contributed by atoms with Crippen LogP contribution in [0.15, 0.2) is 30.3 Å². The Morgan fingerprint density at radius 3 is 2.96 bits per heavy atom. The number of benzene rings is 2. The second kappa shape index (κ2) is 5.77. The molecule has 0 bridgehead atoms. The van der Waals surface area contributed by atoms with Crippen LogP contribution in [0.2, 0.25) is 0 Å². The number of ether oxygens (including phenoxy) is 1. The Morgan fingerprint density at radius 2 is 2.12 bits per heavy atom. The smallest absolute Gasteiger partial charge is 0.119 e. The minimum absolute atomic E-state index is 0.652. The first-order valence-electron chi connectivity index (χ1n) is 9.55. The Morgan fingerprint density at radius 1 is 1.20 bits per heavy atom. The van der Waals surface area contributed by atoms with Crippen molar-refractivity contribution in [3.05, 3.63) is 47.0 Å². The summed E-state index contributed by atoms with van der Waals surface area (Å²) in [5.41, 5.74) is 8.71. The number of rotatable bonds is 2. The number of nitrogens with one attached hydrogen (secondary N) is 1. The molecular formula is C22H26N2O. The Hall–Kier alpha value is -2.00. The highest BCUT2D eigenvalue weighted by molar-refractivity contribution is 5.78. The maximum Gasteiger partial charge on any atom is 0.119 e. The van der Waals surface area contributed by atoms with Crippen molar-refractivity contribution in [2.75, 3.05) is 31.6 Å². The van der Waals surface area contributed by atoms with Gasteiger partial charge in [0.2, 0.25) is 0 Å². The molecule has 0 aromatic heterocycles. The lowest BCUT2D eigenvalue weighted by Gasteiger charge is -2.36. The van der Waals surface area contributed by atoms with Crippen LogP contribution in [0.3, 0.4) is 0 Å². The molecule has 1 N–H and O–H groups in total. The monoisotopic (exact) mass is 334 g/mol.